The molecule has 3 heteroatoms. The lowest BCUT2D eigenvalue weighted by Gasteiger charge is -2.48. The fraction of sp³-hybridized carbons (Fsp3) is 0.538. The third-order valence-corrected chi connectivity index (χ3v) is 3.45. The van der Waals surface area contributed by atoms with E-state index in [9.17, 15) is 0 Å². The molecule has 0 bridgehead atoms. The van der Waals surface area contributed by atoms with Crippen LogP contribution < -0.4 is 10.6 Å². The number of hydrogen-bond acceptors (Lipinski definition) is 3. The van der Waals surface area contributed by atoms with Gasteiger partial charge in [0.15, 0.2) is 0 Å². The topological polar surface area (TPSA) is 33.3 Å². The summed E-state index contributed by atoms with van der Waals surface area (Å²) in [6, 6.07) is 11.2. The first-order chi connectivity index (χ1) is 7.86. The van der Waals surface area contributed by atoms with Crippen LogP contribution in [0.5, 0.6) is 0 Å². The molecule has 1 aromatic rings. The van der Waals surface area contributed by atoms with Gasteiger partial charge >= 0.3 is 0 Å². The number of hydrogen-bond donors (Lipinski definition) is 2. The summed E-state index contributed by atoms with van der Waals surface area (Å²) in [5, 5.41) is 7.23. The maximum atomic E-state index is 5.31. The number of nitrogens with one attached hydrogen (secondary N) is 2. The monoisotopic (exact) mass is 218 g/mol. The molecule has 2 heterocycles. The van der Waals surface area contributed by atoms with Crippen LogP contribution in [-0.2, 0) is 11.2 Å². The van der Waals surface area contributed by atoms with Gasteiger partial charge in [0.05, 0.1) is 18.8 Å². The van der Waals surface area contributed by atoms with Crippen molar-refractivity contribution in [2.75, 3.05) is 26.3 Å². The van der Waals surface area contributed by atoms with Crippen LogP contribution >= 0.6 is 0 Å². The predicted octanol–water partition coefficient (Wildman–Crippen LogP) is 0.559. The third-order valence-electron chi connectivity index (χ3n) is 3.45. The van der Waals surface area contributed by atoms with E-state index in [2.05, 4.69) is 41.0 Å². The minimum atomic E-state index is 0.220. The van der Waals surface area contributed by atoms with Gasteiger partial charge in [-0.15, -0.1) is 0 Å². The van der Waals surface area contributed by atoms with E-state index in [1.165, 1.54) is 5.56 Å². The minimum Gasteiger partial charge on any atom is -0.377 e. The Hall–Kier alpha value is -0.900. The van der Waals surface area contributed by atoms with Gasteiger partial charge in [0.2, 0.25) is 0 Å². The summed E-state index contributed by atoms with van der Waals surface area (Å²) in [6.07, 6.45) is 1.09. The van der Waals surface area contributed by atoms with Crippen LogP contribution in [0, 0.1) is 0 Å². The zero-order valence-corrected chi connectivity index (χ0v) is 9.41. The molecule has 1 spiro atoms. The molecule has 86 valence electrons. The molecule has 2 aliphatic heterocycles. The first kappa shape index (κ1) is 10.3. The quantitative estimate of drug-likeness (QED) is 0.761. The molecule has 0 amide bonds. The average Bonchev–Trinajstić information content (AvgIpc) is 2.29. The Morgan fingerprint density at radius 2 is 2.06 bits per heavy atom. The van der Waals surface area contributed by atoms with Gasteiger partial charge in [-0.1, -0.05) is 30.3 Å². The molecule has 2 aliphatic rings. The fourth-order valence-corrected chi connectivity index (χ4v) is 2.58. The number of benzene rings is 1. The van der Waals surface area contributed by atoms with Crippen molar-refractivity contribution in [1.29, 1.82) is 0 Å². The van der Waals surface area contributed by atoms with Crippen molar-refractivity contribution >= 4 is 0 Å². The van der Waals surface area contributed by atoms with E-state index in [0.29, 0.717) is 6.04 Å². The summed E-state index contributed by atoms with van der Waals surface area (Å²) in [5.74, 6) is 0. The molecule has 3 rings (SSSR count). The van der Waals surface area contributed by atoms with E-state index in [4.69, 9.17) is 4.74 Å². The molecule has 2 N–H and O–H groups in total. The van der Waals surface area contributed by atoms with Crippen LogP contribution in [-0.4, -0.2) is 37.9 Å². The van der Waals surface area contributed by atoms with Crippen LogP contribution in [0.2, 0.25) is 0 Å². The molecule has 2 fully saturated rings. The van der Waals surface area contributed by atoms with Gasteiger partial charge in [-0.2, -0.15) is 0 Å². The second-order valence-electron chi connectivity index (χ2n) is 4.94. The first-order valence-electron chi connectivity index (χ1n) is 5.96. The number of rotatable bonds is 2. The van der Waals surface area contributed by atoms with Crippen LogP contribution in [0.1, 0.15) is 5.56 Å². The van der Waals surface area contributed by atoms with Crippen LogP contribution in [0.25, 0.3) is 0 Å². The molecule has 0 radical (unpaired) electrons. The van der Waals surface area contributed by atoms with Crippen molar-refractivity contribution in [2.24, 2.45) is 0 Å². The molecule has 0 saturated carbocycles. The van der Waals surface area contributed by atoms with Gasteiger partial charge in [-0.3, -0.25) is 0 Å². The molecule has 3 nitrogen and oxygen atoms in total. The van der Waals surface area contributed by atoms with Gasteiger partial charge in [-0.05, 0) is 12.0 Å². The standard InChI is InChI=1S/C13H18N2O/c1-2-4-11(5-3-1)6-12-7-14-8-13(15-12)9-16-10-13/h1-5,12,14-15H,6-10H2/t12-/m0/s1. The third kappa shape index (κ3) is 1.98. The first-order valence-corrected chi connectivity index (χ1v) is 5.96. The Kier molecular flexibility index (Phi) is 2.67. The highest BCUT2D eigenvalue weighted by Crippen LogP contribution is 2.20. The highest BCUT2D eigenvalue weighted by atomic mass is 16.5. The lowest BCUT2D eigenvalue weighted by Crippen LogP contribution is -2.72. The molecular weight excluding hydrogens is 200 g/mol. The summed E-state index contributed by atoms with van der Waals surface area (Å²) in [6.45, 7) is 3.80. The van der Waals surface area contributed by atoms with Crippen LogP contribution in [0.15, 0.2) is 30.3 Å². The van der Waals surface area contributed by atoms with E-state index < -0.39 is 0 Å². The molecule has 0 aliphatic carbocycles. The zero-order chi connectivity index (χ0) is 10.8. The van der Waals surface area contributed by atoms with E-state index in [1.807, 2.05) is 0 Å². The van der Waals surface area contributed by atoms with Crippen molar-refractivity contribution in [1.82, 2.24) is 10.6 Å². The highest BCUT2D eigenvalue weighted by molar-refractivity contribution is 5.17. The van der Waals surface area contributed by atoms with Gasteiger partial charge in [-0.25, -0.2) is 0 Å². The Labute approximate surface area is 96.2 Å². The number of ether oxygens (including phenoxy) is 1. The maximum Gasteiger partial charge on any atom is 0.0782 e. The Morgan fingerprint density at radius 3 is 2.75 bits per heavy atom. The van der Waals surface area contributed by atoms with E-state index >= 15 is 0 Å². The van der Waals surface area contributed by atoms with E-state index in [1.54, 1.807) is 0 Å². The van der Waals surface area contributed by atoms with Crippen LogP contribution in [0.3, 0.4) is 0 Å². The van der Waals surface area contributed by atoms with E-state index in [-0.39, 0.29) is 5.54 Å². The van der Waals surface area contributed by atoms with Gasteiger partial charge in [0.25, 0.3) is 0 Å². The SMILES string of the molecule is c1ccc(C[C@H]2CNCC3(COC3)N2)cc1. The van der Waals surface area contributed by atoms with Crippen molar-refractivity contribution in [2.45, 2.75) is 18.0 Å². The largest absolute Gasteiger partial charge is 0.377 e. The Balaban J connectivity index is 1.63. The van der Waals surface area contributed by atoms with Crippen LogP contribution in [0.4, 0.5) is 0 Å². The lowest BCUT2D eigenvalue weighted by molar-refractivity contribution is -0.0863. The summed E-state index contributed by atoms with van der Waals surface area (Å²) in [7, 11) is 0. The highest BCUT2D eigenvalue weighted by Gasteiger charge is 2.42. The predicted molar refractivity (Wildman–Crippen MR) is 63.5 cm³/mol. The molecular formula is C13H18N2O. The van der Waals surface area contributed by atoms with Crippen molar-refractivity contribution in [3.8, 4) is 0 Å². The number of piperazine rings is 1. The van der Waals surface area contributed by atoms with Crippen molar-refractivity contribution in [3.63, 3.8) is 0 Å². The fourth-order valence-electron chi connectivity index (χ4n) is 2.58. The maximum absolute atomic E-state index is 5.31. The average molecular weight is 218 g/mol. The zero-order valence-electron chi connectivity index (χ0n) is 9.41. The minimum absolute atomic E-state index is 0.220. The second kappa shape index (κ2) is 4.17. The smallest absolute Gasteiger partial charge is 0.0782 e. The molecule has 1 aromatic carbocycles. The molecule has 2 saturated heterocycles. The molecule has 1 atom stereocenters. The second-order valence-corrected chi connectivity index (χ2v) is 4.94. The van der Waals surface area contributed by atoms with Gasteiger partial charge < -0.3 is 15.4 Å². The van der Waals surface area contributed by atoms with Gasteiger partial charge in [0, 0.05) is 19.1 Å². The van der Waals surface area contributed by atoms with Crippen molar-refractivity contribution < 1.29 is 4.74 Å². The molecule has 0 aromatic heterocycles. The van der Waals surface area contributed by atoms with Crippen molar-refractivity contribution in [3.05, 3.63) is 35.9 Å². The molecule has 0 unspecified atom stereocenters. The summed E-state index contributed by atoms with van der Waals surface area (Å²) in [5.41, 5.74) is 1.62. The summed E-state index contributed by atoms with van der Waals surface area (Å²) in [4.78, 5) is 0. The summed E-state index contributed by atoms with van der Waals surface area (Å²) < 4.78 is 5.31. The normalized spacial score (nSPS) is 27.6. The van der Waals surface area contributed by atoms with Gasteiger partial charge in [0.1, 0.15) is 0 Å². The van der Waals surface area contributed by atoms with E-state index in [0.717, 1.165) is 32.7 Å². The molecule has 16 heavy (non-hydrogen) atoms. The summed E-state index contributed by atoms with van der Waals surface area (Å²) >= 11 is 0. The lowest BCUT2D eigenvalue weighted by atomic mass is 9.91. The Bertz CT molecular complexity index is 348. The Morgan fingerprint density at radius 1 is 1.25 bits per heavy atom.